The average molecular weight is 717 g/mol. The van der Waals surface area contributed by atoms with Crippen LogP contribution in [0.15, 0.2) is 137 Å². The van der Waals surface area contributed by atoms with Gasteiger partial charge in [0.25, 0.3) is 0 Å². The predicted octanol–water partition coefficient (Wildman–Crippen LogP) is 13.7. The van der Waals surface area contributed by atoms with Gasteiger partial charge in [0, 0.05) is 30.3 Å². The van der Waals surface area contributed by atoms with E-state index in [0.717, 1.165) is 22.5 Å². The minimum Gasteiger partial charge on any atom is -0.388 e. The van der Waals surface area contributed by atoms with Gasteiger partial charge in [0.15, 0.2) is 0 Å². The summed E-state index contributed by atoms with van der Waals surface area (Å²) in [4.78, 5) is 8.71. The number of aliphatic imine (C=N–C) groups is 2. The number of likely N-dealkylation sites (N-methyl/N-ethyl adjacent to an activating group) is 1. The van der Waals surface area contributed by atoms with Crippen LogP contribution in [0.4, 0.5) is 0 Å². The summed E-state index contributed by atoms with van der Waals surface area (Å²) in [6, 6.07) is 26.7. The topological polar surface area (TPSA) is 62.8 Å². The van der Waals surface area contributed by atoms with Crippen molar-refractivity contribution < 1.29 is 0 Å². The van der Waals surface area contributed by atoms with Gasteiger partial charge in [0.05, 0.1) is 11.4 Å². The lowest BCUT2D eigenvalue weighted by molar-refractivity contribution is 0.866. The highest BCUT2D eigenvalue weighted by Gasteiger charge is 2.05. The van der Waals surface area contributed by atoms with Crippen LogP contribution in [0, 0.1) is 30.6 Å². The summed E-state index contributed by atoms with van der Waals surface area (Å²) in [5.41, 5.74) is 14.4. The molecule has 0 amide bonds. The Balaban J connectivity index is -0.000000851. The molecule has 0 heterocycles. The van der Waals surface area contributed by atoms with Gasteiger partial charge in [0.1, 0.15) is 5.84 Å². The molecule has 4 heteroatoms. The Labute approximate surface area is 326 Å². The van der Waals surface area contributed by atoms with Crippen molar-refractivity contribution in [2.75, 3.05) is 7.05 Å². The zero-order valence-electron chi connectivity index (χ0n) is 35.7. The highest BCUT2D eigenvalue weighted by molar-refractivity contribution is 5.99. The number of rotatable bonds is 7. The van der Waals surface area contributed by atoms with Crippen molar-refractivity contribution in [3.8, 4) is 23.0 Å². The van der Waals surface area contributed by atoms with E-state index < -0.39 is 0 Å². The smallest absolute Gasteiger partial charge is 0.126 e. The van der Waals surface area contributed by atoms with Gasteiger partial charge < -0.3 is 11.1 Å². The third kappa shape index (κ3) is 25.5. The average Bonchev–Trinajstić information content (AvgIpc) is 3.37. The molecule has 53 heavy (non-hydrogen) atoms. The monoisotopic (exact) mass is 717 g/mol. The van der Waals surface area contributed by atoms with Crippen LogP contribution in [0.25, 0.3) is 22.9 Å². The lowest BCUT2D eigenvalue weighted by atomic mass is 10.0. The van der Waals surface area contributed by atoms with Gasteiger partial charge in [0.2, 0.25) is 0 Å². The van der Waals surface area contributed by atoms with Gasteiger partial charge in [-0.2, -0.15) is 0 Å². The molecule has 4 rings (SSSR count). The Bertz CT molecular complexity index is 1570. The van der Waals surface area contributed by atoms with Crippen molar-refractivity contribution in [3.05, 3.63) is 144 Å². The van der Waals surface area contributed by atoms with E-state index in [9.17, 15) is 0 Å². The molecule has 1 aliphatic rings. The minimum atomic E-state index is 0.273. The molecule has 288 valence electrons. The van der Waals surface area contributed by atoms with Crippen LogP contribution in [-0.2, 0) is 0 Å². The summed E-state index contributed by atoms with van der Waals surface area (Å²) in [6.45, 7) is 33.8. The van der Waals surface area contributed by atoms with Crippen molar-refractivity contribution in [3.63, 3.8) is 0 Å². The van der Waals surface area contributed by atoms with E-state index in [1.165, 1.54) is 23.1 Å². The first-order valence-corrected chi connectivity index (χ1v) is 19.2. The molecular formula is C49H72N4. The van der Waals surface area contributed by atoms with Gasteiger partial charge in [-0.25, -0.2) is 4.99 Å². The highest BCUT2D eigenvalue weighted by Crippen LogP contribution is 2.23. The number of nitrogens with two attached hydrogens (primary N) is 1. The standard InChI is InChI=1S/C25H26N4.C9H10.C6H10.C3H8.3C2H6/c1-18-9-14-22(27-2)16-23(15-18)29-25(26)17-24(28-3)21-12-10-20(11-13-21)19-7-5-4-6-8-19;1-3-9-6-4-8(2)5-7-9;1-4-5-6(2)3;1-3-2;3*1-2/h4-18,27H,3H2,1-2H3,(H2,26,29);3-7H,1H2,2H3;6H,1-3H3;3H2,1-2H3;3*1-2H3/b24-17-;;;;;;. The Morgan fingerprint density at radius 2 is 1.42 bits per heavy atom. The molecule has 0 saturated heterocycles. The molecule has 0 aliphatic heterocycles. The van der Waals surface area contributed by atoms with E-state index in [2.05, 4.69) is 143 Å². The third-order valence-corrected chi connectivity index (χ3v) is 6.35. The van der Waals surface area contributed by atoms with Gasteiger partial charge in [-0.05, 0) is 55.3 Å². The lowest BCUT2D eigenvalue weighted by Crippen LogP contribution is -2.09. The van der Waals surface area contributed by atoms with Gasteiger partial charge in [-0.15, -0.1) is 11.8 Å². The number of benzene rings is 3. The summed E-state index contributed by atoms with van der Waals surface area (Å²) in [7, 11) is 1.88. The molecule has 3 aromatic rings. The fourth-order valence-corrected chi connectivity index (χ4v) is 4.06. The zero-order chi connectivity index (χ0) is 41.0. The van der Waals surface area contributed by atoms with Crippen molar-refractivity contribution in [2.45, 2.75) is 96.4 Å². The second-order valence-electron chi connectivity index (χ2n) is 11.2. The van der Waals surface area contributed by atoms with Crippen molar-refractivity contribution in [1.29, 1.82) is 0 Å². The van der Waals surface area contributed by atoms with E-state index >= 15 is 0 Å². The molecule has 1 aliphatic carbocycles. The predicted molar refractivity (Wildman–Crippen MR) is 244 cm³/mol. The number of nitrogens with zero attached hydrogens (tertiary/aromatic N) is 2. The van der Waals surface area contributed by atoms with Crippen LogP contribution in [-0.4, -0.2) is 19.6 Å². The van der Waals surface area contributed by atoms with Crippen LogP contribution in [0.3, 0.4) is 0 Å². The van der Waals surface area contributed by atoms with E-state index in [4.69, 9.17) is 5.73 Å². The first-order valence-electron chi connectivity index (χ1n) is 19.2. The van der Waals surface area contributed by atoms with E-state index in [0.29, 0.717) is 17.5 Å². The summed E-state index contributed by atoms with van der Waals surface area (Å²) < 4.78 is 0. The van der Waals surface area contributed by atoms with Crippen LogP contribution >= 0.6 is 0 Å². The fraction of sp³-hybridized carbons (Fsp3) is 0.347. The van der Waals surface area contributed by atoms with Crippen LogP contribution in [0.1, 0.15) is 106 Å². The Morgan fingerprint density at radius 1 is 0.887 bits per heavy atom. The second kappa shape index (κ2) is 35.3. The SMILES string of the molecule is C=Cc1ccc(C)cc1.C=N/C(=C\C(N)=NC1=CC(C)C=CC(NC)=C1)c1ccc(-c2ccccc2)cc1.CC.CC.CC.CC#CC(C)C.CCC. The van der Waals surface area contributed by atoms with Gasteiger partial charge >= 0.3 is 0 Å². The molecule has 1 atom stereocenters. The molecule has 0 saturated carbocycles. The highest BCUT2D eigenvalue weighted by atomic mass is 14.9. The quantitative estimate of drug-likeness (QED) is 0.145. The first kappa shape index (κ1) is 52.2. The molecule has 3 N–H and O–H groups in total. The molecule has 0 fully saturated rings. The second-order valence-corrected chi connectivity index (χ2v) is 11.2. The van der Waals surface area contributed by atoms with E-state index in [1.54, 1.807) is 6.08 Å². The Hall–Kier alpha value is -5.14. The Kier molecular flexibility index (Phi) is 34.8. The number of allylic oxidation sites excluding steroid dienone is 4. The molecule has 0 spiro atoms. The molecular weight excluding hydrogens is 645 g/mol. The normalized spacial score (nSPS) is 12.5. The molecule has 0 bridgehead atoms. The third-order valence-electron chi connectivity index (χ3n) is 6.35. The van der Waals surface area contributed by atoms with Crippen molar-refractivity contribution in [2.24, 2.45) is 27.6 Å². The summed E-state index contributed by atoms with van der Waals surface area (Å²) in [5.74, 6) is 6.97. The van der Waals surface area contributed by atoms with Crippen LogP contribution in [0.2, 0.25) is 0 Å². The van der Waals surface area contributed by atoms with E-state index in [-0.39, 0.29) is 5.92 Å². The number of amidine groups is 1. The van der Waals surface area contributed by atoms with E-state index in [1.807, 2.05) is 104 Å². The number of hydrogen-bond donors (Lipinski definition) is 2. The summed E-state index contributed by atoms with van der Waals surface area (Å²) in [5, 5.41) is 3.14. The maximum Gasteiger partial charge on any atom is 0.126 e. The number of hydrogen-bond acceptors (Lipinski definition) is 3. The van der Waals surface area contributed by atoms with Gasteiger partial charge in [-0.1, -0.05) is 192 Å². The zero-order valence-corrected chi connectivity index (χ0v) is 35.7. The largest absolute Gasteiger partial charge is 0.388 e. The molecule has 1 unspecified atom stereocenters. The summed E-state index contributed by atoms with van der Waals surface area (Å²) >= 11 is 0. The van der Waals surface area contributed by atoms with Crippen molar-refractivity contribution >= 4 is 24.3 Å². The lowest BCUT2D eigenvalue weighted by Gasteiger charge is -2.06. The van der Waals surface area contributed by atoms with Crippen molar-refractivity contribution in [1.82, 2.24) is 5.32 Å². The minimum absolute atomic E-state index is 0.273. The molecule has 4 nitrogen and oxygen atoms in total. The number of nitrogens with one attached hydrogen (secondary N) is 1. The maximum absolute atomic E-state index is 6.20. The maximum atomic E-state index is 6.20. The first-order chi connectivity index (χ1) is 25.6. The van der Waals surface area contributed by atoms with Crippen LogP contribution < -0.4 is 11.1 Å². The molecule has 3 aromatic carbocycles. The fourth-order valence-electron chi connectivity index (χ4n) is 4.06. The Morgan fingerprint density at radius 3 is 1.85 bits per heavy atom. The van der Waals surface area contributed by atoms with Gasteiger partial charge in [-0.3, -0.25) is 4.99 Å². The molecule has 0 aromatic heterocycles. The summed E-state index contributed by atoms with van der Waals surface area (Å²) in [6.07, 6.45) is 13.0. The number of aryl methyl sites for hydroxylation is 1. The molecule has 0 radical (unpaired) electrons. The van der Waals surface area contributed by atoms with Crippen LogP contribution in [0.5, 0.6) is 0 Å².